The number of nitrogens with zero attached hydrogens (tertiary/aromatic N) is 5. The van der Waals surface area contributed by atoms with Gasteiger partial charge in [-0.3, -0.25) is 19.8 Å². The Morgan fingerprint density at radius 1 is 1.00 bits per heavy atom. The number of anilines is 1. The molecule has 1 aliphatic rings. The molecule has 0 saturated carbocycles. The lowest BCUT2D eigenvalue weighted by Crippen LogP contribution is -2.54. The van der Waals surface area contributed by atoms with Crippen molar-refractivity contribution in [3.63, 3.8) is 0 Å². The molecular formula is C23H16N6O3S2. The standard InChI is InChI=1S/C23H16N6O3S2/c1-14-7-9-15(10-8-14)28-21(31)18(20(30)24-22(28)33)13-17-11-12-19(32-17)34-23-25-26-27-29(23)16-5-3-2-4-6-16/h2-13H,1H3,(H,24,30,33)/b18-13+. The summed E-state index contributed by atoms with van der Waals surface area (Å²) in [6.07, 6.45) is 1.39. The minimum Gasteiger partial charge on any atom is -0.450 e. The van der Waals surface area contributed by atoms with Crippen LogP contribution in [0.5, 0.6) is 0 Å². The van der Waals surface area contributed by atoms with E-state index in [9.17, 15) is 9.59 Å². The Labute approximate surface area is 203 Å². The van der Waals surface area contributed by atoms with Crippen LogP contribution in [0.2, 0.25) is 0 Å². The van der Waals surface area contributed by atoms with Crippen molar-refractivity contribution in [1.82, 2.24) is 25.5 Å². The van der Waals surface area contributed by atoms with Gasteiger partial charge in [-0.1, -0.05) is 35.9 Å². The van der Waals surface area contributed by atoms with Gasteiger partial charge < -0.3 is 4.42 Å². The topological polar surface area (TPSA) is 106 Å². The van der Waals surface area contributed by atoms with Gasteiger partial charge in [0.25, 0.3) is 11.8 Å². The van der Waals surface area contributed by atoms with Crippen LogP contribution in [0.1, 0.15) is 11.3 Å². The predicted molar refractivity (Wildman–Crippen MR) is 129 cm³/mol. The molecule has 2 amide bonds. The van der Waals surface area contributed by atoms with E-state index in [4.69, 9.17) is 16.6 Å². The summed E-state index contributed by atoms with van der Waals surface area (Å²) in [6.45, 7) is 1.94. The van der Waals surface area contributed by atoms with Gasteiger partial charge in [0.05, 0.1) is 11.4 Å². The van der Waals surface area contributed by atoms with Crippen LogP contribution in [-0.4, -0.2) is 37.1 Å². The van der Waals surface area contributed by atoms with E-state index in [1.807, 2.05) is 49.4 Å². The molecule has 1 saturated heterocycles. The summed E-state index contributed by atoms with van der Waals surface area (Å²) in [4.78, 5) is 26.9. The molecule has 4 aromatic rings. The molecule has 1 aliphatic heterocycles. The van der Waals surface area contributed by atoms with Gasteiger partial charge in [-0.15, -0.1) is 5.10 Å². The van der Waals surface area contributed by atoms with Gasteiger partial charge in [0.15, 0.2) is 10.2 Å². The van der Waals surface area contributed by atoms with Crippen molar-refractivity contribution >= 4 is 52.7 Å². The first kappa shape index (κ1) is 21.7. The van der Waals surface area contributed by atoms with Crippen LogP contribution in [0.3, 0.4) is 0 Å². The van der Waals surface area contributed by atoms with E-state index >= 15 is 0 Å². The Kier molecular flexibility index (Phi) is 5.78. The van der Waals surface area contributed by atoms with Gasteiger partial charge in [-0.25, -0.2) is 0 Å². The van der Waals surface area contributed by atoms with Gasteiger partial charge >= 0.3 is 0 Å². The van der Waals surface area contributed by atoms with Crippen LogP contribution in [0, 0.1) is 6.92 Å². The molecule has 0 spiro atoms. The number of carbonyl (C=O) groups excluding carboxylic acids is 2. The average Bonchev–Trinajstić information content (AvgIpc) is 3.48. The highest BCUT2D eigenvalue weighted by molar-refractivity contribution is 7.99. The zero-order valence-electron chi connectivity index (χ0n) is 17.7. The number of benzene rings is 2. The zero-order valence-corrected chi connectivity index (χ0v) is 19.3. The molecule has 9 nitrogen and oxygen atoms in total. The maximum Gasteiger partial charge on any atom is 0.270 e. The molecule has 5 rings (SSSR count). The van der Waals surface area contributed by atoms with E-state index < -0.39 is 11.8 Å². The number of furan rings is 1. The summed E-state index contributed by atoms with van der Waals surface area (Å²) >= 11 is 6.45. The second-order valence-corrected chi connectivity index (χ2v) is 8.62. The Morgan fingerprint density at radius 3 is 2.53 bits per heavy atom. The van der Waals surface area contributed by atoms with Crippen LogP contribution in [0.25, 0.3) is 11.8 Å². The van der Waals surface area contributed by atoms with Crippen LogP contribution in [-0.2, 0) is 9.59 Å². The molecule has 34 heavy (non-hydrogen) atoms. The lowest BCUT2D eigenvalue weighted by atomic mass is 10.1. The number of aromatic nitrogens is 4. The van der Waals surface area contributed by atoms with Crippen molar-refractivity contribution in [1.29, 1.82) is 0 Å². The zero-order chi connectivity index (χ0) is 23.7. The minimum absolute atomic E-state index is 0.0273. The van der Waals surface area contributed by atoms with E-state index in [2.05, 4.69) is 20.8 Å². The smallest absolute Gasteiger partial charge is 0.270 e. The summed E-state index contributed by atoms with van der Waals surface area (Å²) in [6, 6.07) is 20.1. The van der Waals surface area contributed by atoms with Gasteiger partial charge in [-0.2, -0.15) is 4.68 Å². The molecule has 0 aliphatic carbocycles. The number of hydrogen-bond donors (Lipinski definition) is 1. The number of nitrogens with one attached hydrogen (secondary N) is 1. The van der Waals surface area contributed by atoms with Crippen molar-refractivity contribution in [2.24, 2.45) is 0 Å². The van der Waals surface area contributed by atoms with Crippen molar-refractivity contribution in [2.45, 2.75) is 17.2 Å². The number of tetrazole rings is 1. The highest BCUT2D eigenvalue weighted by Crippen LogP contribution is 2.30. The predicted octanol–water partition coefficient (Wildman–Crippen LogP) is 3.55. The van der Waals surface area contributed by atoms with Crippen molar-refractivity contribution in [3.05, 3.63) is 83.6 Å². The molecular weight excluding hydrogens is 472 g/mol. The number of para-hydroxylation sites is 1. The third kappa shape index (κ3) is 4.26. The summed E-state index contributed by atoms with van der Waals surface area (Å²) in [5.41, 5.74) is 2.32. The third-order valence-corrected chi connectivity index (χ3v) is 6.06. The van der Waals surface area contributed by atoms with Crippen molar-refractivity contribution < 1.29 is 14.0 Å². The first-order valence-electron chi connectivity index (χ1n) is 10.1. The van der Waals surface area contributed by atoms with E-state index in [1.165, 1.54) is 22.7 Å². The van der Waals surface area contributed by atoms with Crippen LogP contribution >= 0.6 is 24.0 Å². The van der Waals surface area contributed by atoms with E-state index in [-0.39, 0.29) is 10.7 Å². The Hall–Kier alpha value is -4.09. The molecule has 3 heterocycles. The maximum atomic E-state index is 13.1. The number of aryl methyl sites for hydroxylation is 1. The summed E-state index contributed by atoms with van der Waals surface area (Å²) in [7, 11) is 0. The summed E-state index contributed by atoms with van der Waals surface area (Å²) < 4.78 is 7.41. The SMILES string of the molecule is Cc1ccc(N2C(=O)/C(=C/c3ccc(Sc4nnnn4-c4ccccc4)o3)C(=O)NC2=S)cc1. The number of rotatable bonds is 5. The fourth-order valence-corrected chi connectivity index (χ4v) is 4.30. The van der Waals surface area contributed by atoms with Crippen molar-refractivity contribution in [3.8, 4) is 5.69 Å². The molecule has 0 atom stereocenters. The first-order chi connectivity index (χ1) is 16.5. The van der Waals surface area contributed by atoms with Gasteiger partial charge in [-0.05, 0) is 83.8 Å². The fourth-order valence-electron chi connectivity index (χ4n) is 3.26. The number of carbonyl (C=O) groups is 2. The summed E-state index contributed by atoms with van der Waals surface area (Å²) in [5.74, 6) is -0.787. The lowest BCUT2D eigenvalue weighted by molar-refractivity contribution is -0.122. The monoisotopic (exact) mass is 488 g/mol. The number of hydrogen-bond acceptors (Lipinski definition) is 8. The molecule has 0 unspecified atom stereocenters. The molecule has 0 bridgehead atoms. The minimum atomic E-state index is -0.586. The number of thiocarbonyl (C=S) groups is 1. The average molecular weight is 489 g/mol. The second kappa shape index (κ2) is 9.04. The quantitative estimate of drug-likeness (QED) is 0.258. The number of amides is 2. The highest BCUT2D eigenvalue weighted by atomic mass is 32.2. The highest BCUT2D eigenvalue weighted by Gasteiger charge is 2.34. The van der Waals surface area contributed by atoms with E-state index in [0.29, 0.717) is 21.7 Å². The van der Waals surface area contributed by atoms with Crippen LogP contribution in [0.4, 0.5) is 5.69 Å². The second-order valence-electron chi connectivity index (χ2n) is 7.26. The normalized spacial score (nSPS) is 15.1. The lowest BCUT2D eigenvalue weighted by Gasteiger charge is -2.28. The largest absolute Gasteiger partial charge is 0.450 e. The molecule has 0 radical (unpaired) electrons. The van der Waals surface area contributed by atoms with Crippen LogP contribution < -0.4 is 10.2 Å². The van der Waals surface area contributed by atoms with Crippen LogP contribution in [0.15, 0.2) is 87.0 Å². The third-order valence-electron chi connectivity index (χ3n) is 4.92. The first-order valence-corrected chi connectivity index (χ1v) is 11.3. The van der Waals surface area contributed by atoms with Gasteiger partial charge in [0.2, 0.25) is 5.16 Å². The molecule has 2 aromatic heterocycles. The molecule has 11 heteroatoms. The van der Waals surface area contributed by atoms with E-state index in [0.717, 1.165) is 11.3 Å². The molecule has 168 valence electrons. The maximum absolute atomic E-state index is 13.1. The van der Waals surface area contributed by atoms with E-state index in [1.54, 1.807) is 28.9 Å². The fraction of sp³-hybridized carbons (Fsp3) is 0.0435. The Balaban J connectivity index is 1.39. The molecule has 2 aromatic carbocycles. The Morgan fingerprint density at radius 2 is 1.76 bits per heavy atom. The molecule has 1 fully saturated rings. The molecule has 1 N–H and O–H groups in total. The summed E-state index contributed by atoms with van der Waals surface area (Å²) in [5, 5.41) is 15.4. The van der Waals surface area contributed by atoms with Crippen molar-refractivity contribution in [2.75, 3.05) is 4.90 Å². The van der Waals surface area contributed by atoms with Gasteiger partial charge in [0, 0.05) is 0 Å². The van der Waals surface area contributed by atoms with Gasteiger partial charge in [0.1, 0.15) is 11.3 Å². The Bertz CT molecular complexity index is 1430.